The molecule has 2 aliphatic rings. The Kier molecular flexibility index (Phi) is 1.96. The number of fused-ring (bicyclic) bond motifs is 2. The Morgan fingerprint density at radius 1 is 1.58 bits per heavy atom. The molecule has 3 heteroatoms. The molecule has 0 spiro atoms. The van der Waals surface area contributed by atoms with Gasteiger partial charge in [0.15, 0.2) is 0 Å². The van der Waals surface area contributed by atoms with Crippen LogP contribution >= 0.6 is 0 Å². The molecule has 2 saturated heterocycles. The molecule has 0 saturated carbocycles. The molecule has 0 amide bonds. The summed E-state index contributed by atoms with van der Waals surface area (Å²) in [6.07, 6.45) is 2.16. The second kappa shape index (κ2) is 2.74. The molecule has 2 fully saturated rings. The van der Waals surface area contributed by atoms with Gasteiger partial charge in [-0.25, -0.2) is 0 Å². The molecule has 0 N–H and O–H groups in total. The van der Waals surface area contributed by atoms with E-state index in [1.54, 1.807) is 0 Å². The number of hydrogen-bond donors (Lipinski definition) is 0. The zero-order valence-corrected chi connectivity index (χ0v) is 7.75. The number of hydrogen-bond acceptors (Lipinski definition) is 2. The van der Waals surface area contributed by atoms with Gasteiger partial charge in [-0.1, -0.05) is 13.8 Å². The van der Waals surface area contributed by atoms with E-state index >= 15 is 0 Å². The van der Waals surface area contributed by atoms with Crippen molar-refractivity contribution in [3.63, 3.8) is 0 Å². The number of rotatable bonds is 1. The molecule has 2 unspecified atom stereocenters. The topological polar surface area (TPSA) is 18.5 Å². The van der Waals surface area contributed by atoms with Crippen molar-refractivity contribution >= 4 is 7.85 Å². The third-order valence-corrected chi connectivity index (χ3v) is 3.45. The first-order chi connectivity index (χ1) is 5.69. The van der Waals surface area contributed by atoms with E-state index < -0.39 is 0 Å². The SMILES string of the molecule is [B][C@@H]1O[C@@]2(CC)CCOC1C2C. The van der Waals surface area contributed by atoms with Gasteiger partial charge in [0.25, 0.3) is 0 Å². The average Bonchev–Trinajstić information content (AvgIpc) is 2.23. The molecule has 12 heavy (non-hydrogen) atoms. The highest BCUT2D eigenvalue weighted by atomic mass is 16.6. The molecule has 66 valence electrons. The van der Waals surface area contributed by atoms with Crippen LogP contribution in [0.1, 0.15) is 26.7 Å². The fraction of sp³-hybridized carbons (Fsp3) is 1.00. The fourth-order valence-corrected chi connectivity index (χ4v) is 2.50. The second-order valence-electron chi connectivity index (χ2n) is 3.87. The molecule has 2 rings (SSSR count). The van der Waals surface area contributed by atoms with E-state index in [2.05, 4.69) is 13.8 Å². The molecule has 4 atom stereocenters. The van der Waals surface area contributed by atoms with Crippen LogP contribution in [-0.2, 0) is 9.47 Å². The van der Waals surface area contributed by atoms with Crippen molar-refractivity contribution < 1.29 is 9.47 Å². The minimum Gasteiger partial charge on any atom is -0.378 e. The zero-order valence-electron chi connectivity index (χ0n) is 7.75. The predicted molar refractivity (Wildman–Crippen MR) is 47.2 cm³/mol. The van der Waals surface area contributed by atoms with Gasteiger partial charge in [0.05, 0.1) is 11.7 Å². The van der Waals surface area contributed by atoms with Gasteiger partial charge >= 0.3 is 0 Å². The van der Waals surface area contributed by atoms with Crippen molar-refractivity contribution in [2.75, 3.05) is 6.61 Å². The first-order valence-electron chi connectivity index (χ1n) is 4.74. The van der Waals surface area contributed by atoms with Gasteiger partial charge in [-0.2, -0.15) is 0 Å². The first kappa shape index (κ1) is 8.58. The van der Waals surface area contributed by atoms with E-state index in [4.69, 9.17) is 17.3 Å². The molecule has 2 aliphatic heterocycles. The highest BCUT2D eigenvalue weighted by Gasteiger charge is 2.52. The molecule has 2 heterocycles. The van der Waals surface area contributed by atoms with Gasteiger partial charge in [0, 0.05) is 24.9 Å². The van der Waals surface area contributed by atoms with Crippen LogP contribution in [-0.4, -0.2) is 32.2 Å². The van der Waals surface area contributed by atoms with E-state index in [1.165, 1.54) is 0 Å². The lowest BCUT2D eigenvalue weighted by Gasteiger charge is -2.36. The second-order valence-corrected chi connectivity index (χ2v) is 3.87. The van der Waals surface area contributed by atoms with Gasteiger partial charge in [-0.3, -0.25) is 0 Å². The summed E-state index contributed by atoms with van der Waals surface area (Å²) in [6, 6.07) is -0.206. The molecule has 2 nitrogen and oxygen atoms in total. The highest BCUT2D eigenvalue weighted by Crippen LogP contribution is 2.44. The summed E-state index contributed by atoms with van der Waals surface area (Å²) in [7, 11) is 5.82. The Hall–Kier alpha value is -0.0151. The van der Waals surface area contributed by atoms with Gasteiger partial charge in [-0.05, 0) is 6.42 Å². The predicted octanol–water partition coefficient (Wildman–Crippen LogP) is 1.08. The Bertz CT molecular complexity index is 185. The summed E-state index contributed by atoms with van der Waals surface area (Å²) in [5, 5.41) is 0. The lowest BCUT2D eigenvalue weighted by atomic mass is 9.78. The summed E-state index contributed by atoms with van der Waals surface area (Å²) < 4.78 is 11.4. The van der Waals surface area contributed by atoms with E-state index in [-0.39, 0.29) is 17.7 Å². The van der Waals surface area contributed by atoms with Gasteiger partial charge in [-0.15, -0.1) is 0 Å². The van der Waals surface area contributed by atoms with Crippen LogP contribution in [0.2, 0.25) is 0 Å². The summed E-state index contributed by atoms with van der Waals surface area (Å²) in [5.74, 6) is 0.450. The maximum atomic E-state index is 5.82. The minimum atomic E-state index is -0.206. The lowest BCUT2D eigenvalue weighted by Crippen LogP contribution is -2.42. The fourth-order valence-electron chi connectivity index (χ4n) is 2.50. The van der Waals surface area contributed by atoms with Crippen molar-refractivity contribution in [3.05, 3.63) is 0 Å². The Labute approximate surface area is 75.0 Å². The summed E-state index contributed by atoms with van der Waals surface area (Å²) in [4.78, 5) is 0. The van der Waals surface area contributed by atoms with Crippen LogP contribution in [0, 0.1) is 5.92 Å². The van der Waals surface area contributed by atoms with Crippen molar-refractivity contribution in [2.45, 2.75) is 44.4 Å². The van der Waals surface area contributed by atoms with Gasteiger partial charge < -0.3 is 9.47 Å². The van der Waals surface area contributed by atoms with Crippen LogP contribution < -0.4 is 0 Å². The molecule has 0 aromatic carbocycles. The van der Waals surface area contributed by atoms with Crippen molar-refractivity contribution in [1.29, 1.82) is 0 Å². The van der Waals surface area contributed by atoms with E-state index in [0.717, 1.165) is 19.4 Å². The molecule has 0 aromatic rings. The standard InChI is InChI=1S/C9H15BO2/c1-3-9-4-5-11-7(6(9)2)8(10)12-9/h6-8H,3-5H2,1-2H3/t6?,7?,8-,9+/m1/s1. The zero-order chi connectivity index (χ0) is 8.77. The Balaban J connectivity index is 2.24. The molecule has 2 bridgehead atoms. The maximum Gasteiger partial charge on any atom is 0.112 e. The van der Waals surface area contributed by atoms with Crippen LogP contribution in [0.25, 0.3) is 0 Å². The van der Waals surface area contributed by atoms with Crippen LogP contribution in [0.15, 0.2) is 0 Å². The Morgan fingerprint density at radius 3 is 2.92 bits per heavy atom. The van der Waals surface area contributed by atoms with Crippen LogP contribution in [0.5, 0.6) is 0 Å². The number of ether oxygens (including phenoxy) is 2. The summed E-state index contributed by atoms with van der Waals surface area (Å²) >= 11 is 0. The first-order valence-corrected chi connectivity index (χ1v) is 4.74. The Morgan fingerprint density at radius 2 is 2.33 bits per heavy atom. The van der Waals surface area contributed by atoms with Gasteiger partial charge in [0.2, 0.25) is 0 Å². The highest BCUT2D eigenvalue weighted by molar-refractivity contribution is 6.11. The third-order valence-electron chi connectivity index (χ3n) is 3.45. The van der Waals surface area contributed by atoms with E-state index in [1.807, 2.05) is 0 Å². The smallest absolute Gasteiger partial charge is 0.112 e. The molecule has 0 aliphatic carbocycles. The lowest BCUT2D eigenvalue weighted by molar-refractivity contribution is -0.0683. The van der Waals surface area contributed by atoms with E-state index in [9.17, 15) is 0 Å². The molecule has 0 aromatic heterocycles. The van der Waals surface area contributed by atoms with Gasteiger partial charge in [0.1, 0.15) is 7.85 Å². The largest absolute Gasteiger partial charge is 0.378 e. The molecule has 2 radical (unpaired) electrons. The van der Waals surface area contributed by atoms with Crippen molar-refractivity contribution in [3.8, 4) is 0 Å². The van der Waals surface area contributed by atoms with Crippen molar-refractivity contribution in [1.82, 2.24) is 0 Å². The van der Waals surface area contributed by atoms with E-state index in [0.29, 0.717) is 5.92 Å². The van der Waals surface area contributed by atoms with Crippen LogP contribution in [0.4, 0.5) is 0 Å². The maximum absolute atomic E-state index is 5.82. The van der Waals surface area contributed by atoms with Crippen molar-refractivity contribution in [2.24, 2.45) is 5.92 Å². The average molecular weight is 166 g/mol. The quantitative estimate of drug-likeness (QED) is 0.542. The normalized spacial score (nSPS) is 52.7. The summed E-state index contributed by atoms with van der Waals surface area (Å²) in [5.41, 5.74) is 0.0162. The molecular weight excluding hydrogens is 151 g/mol. The molecular formula is C9H15BO2. The van der Waals surface area contributed by atoms with Crippen LogP contribution in [0.3, 0.4) is 0 Å². The minimum absolute atomic E-state index is 0.0162. The summed E-state index contributed by atoms with van der Waals surface area (Å²) in [6.45, 7) is 5.15. The monoisotopic (exact) mass is 166 g/mol. The third kappa shape index (κ3) is 0.959.